The fourth-order valence-corrected chi connectivity index (χ4v) is 1.93. The molecule has 2 fully saturated rings. The van der Waals surface area contributed by atoms with E-state index in [2.05, 4.69) is 17.5 Å². The van der Waals surface area contributed by atoms with Gasteiger partial charge in [0.15, 0.2) is 0 Å². The van der Waals surface area contributed by atoms with Gasteiger partial charge in [-0.3, -0.25) is 0 Å². The Morgan fingerprint density at radius 1 is 1.31 bits per heavy atom. The third-order valence-electron chi connectivity index (χ3n) is 3.21. The van der Waals surface area contributed by atoms with Gasteiger partial charge in [-0.2, -0.15) is 5.26 Å². The van der Waals surface area contributed by atoms with Crippen LogP contribution in [0.2, 0.25) is 0 Å². The van der Waals surface area contributed by atoms with E-state index >= 15 is 0 Å². The smallest absolute Gasteiger partial charge is 0.137 e. The van der Waals surface area contributed by atoms with E-state index in [4.69, 9.17) is 10.00 Å². The van der Waals surface area contributed by atoms with Gasteiger partial charge in [0.25, 0.3) is 0 Å². The number of nitrogens with one attached hydrogen (secondary N) is 1. The van der Waals surface area contributed by atoms with E-state index in [0.717, 1.165) is 18.8 Å². The molecule has 3 heteroatoms. The molecule has 1 N–H and O–H groups in total. The van der Waals surface area contributed by atoms with Crippen molar-refractivity contribution in [3.8, 4) is 11.8 Å². The lowest BCUT2D eigenvalue weighted by molar-refractivity contribution is 0.142. The number of hydrogen-bond acceptors (Lipinski definition) is 3. The molecule has 82 valence electrons. The van der Waals surface area contributed by atoms with Crippen LogP contribution >= 0.6 is 0 Å². The fourth-order valence-electron chi connectivity index (χ4n) is 1.93. The van der Waals surface area contributed by atoms with Crippen LogP contribution in [0, 0.1) is 11.3 Å². The monoisotopic (exact) mass is 214 g/mol. The van der Waals surface area contributed by atoms with Crippen molar-refractivity contribution in [2.75, 3.05) is 13.1 Å². The second-order valence-corrected chi connectivity index (χ2v) is 4.54. The molecular weight excluding hydrogens is 200 g/mol. The van der Waals surface area contributed by atoms with Gasteiger partial charge in [-0.25, -0.2) is 0 Å². The molecule has 0 aromatic heterocycles. The van der Waals surface area contributed by atoms with Crippen molar-refractivity contribution < 1.29 is 4.74 Å². The van der Waals surface area contributed by atoms with Gasteiger partial charge < -0.3 is 10.1 Å². The van der Waals surface area contributed by atoms with E-state index in [1.807, 2.05) is 12.1 Å². The maximum atomic E-state index is 9.10. The predicted molar refractivity (Wildman–Crippen MR) is 60.4 cm³/mol. The molecule has 3 nitrogen and oxygen atoms in total. The summed E-state index contributed by atoms with van der Waals surface area (Å²) in [6.45, 7) is 1.77. The fraction of sp³-hybridized carbons (Fsp3) is 0.462. The minimum Gasteiger partial charge on any atom is -0.486 e. The maximum absolute atomic E-state index is 9.10. The highest BCUT2D eigenvalue weighted by Crippen LogP contribution is 2.41. The molecule has 16 heavy (non-hydrogen) atoms. The molecule has 3 rings (SSSR count). The summed E-state index contributed by atoms with van der Waals surface area (Å²) in [4.78, 5) is 0. The van der Waals surface area contributed by atoms with Crippen LogP contribution in [-0.2, 0) is 0 Å². The van der Waals surface area contributed by atoms with Crippen LogP contribution in [0.25, 0.3) is 0 Å². The third-order valence-corrected chi connectivity index (χ3v) is 3.21. The number of ether oxygens (including phenoxy) is 1. The molecular formula is C13H14N2O. The Morgan fingerprint density at radius 2 is 2.12 bits per heavy atom. The maximum Gasteiger partial charge on any atom is 0.137 e. The lowest BCUT2D eigenvalue weighted by atomic mass is 10.1. The van der Waals surface area contributed by atoms with Crippen LogP contribution in [0.4, 0.5) is 0 Å². The molecule has 2 aliphatic rings. The Morgan fingerprint density at radius 3 is 2.69 bits per heavy atom. The molecule has 0 amide bonds. The summed E-state index contributed by atoms with van der Waals surface area (Å²) in [6, 6.07) is 8.26. The normalized spacial score (nSPS) is 19.9. The van der Waals surface area contributed by atoms with Gasteiger partial charge in [-0.15, -0.1) is 0 Å². The van der Waals surface area contributed by atoms with Crippen molar-refractivity contribution in [3.05, 3.63) is 29.3 Å². The van der Waals surface area contributed by atoms with Gasteiger partial charge in [-0.05, 0) is 36.5 Å². The van der Waals surface area contributed by atoms with Crippen LogP contribution in [-0.4, -0.2) is 19.2 Å². The van der Waals surface area contributed by atoms with E-state index in [1.54, 1.807) is 0 Å². The summed E-state index contributed by atoms with van der Waals surface area (Å²) < 4.78 is 5.74. The van der Waals surface area contributed by atoms with Crippen molar-refractivity contribution >= 4 is 0 Å². The molecule has 0 bridgehead atoms. The highest BCUT2D eigenvalue weighted by molar-refractivity contribution is 5.47. The van der Waals surface area contributed by atoms with Crippen molar-refractivity contribution in [1.29, 1.82) is 5.26 Å². The average Bonchev–Trinajstić information content (AvgIpc) is 3.07. The van der Waals surface area contributed by atoms with Gasteiger partial charge in [0.1, 0.15) is 17.9 Å². The highest BCUT2D eigenvalue weighted by atomic mass is 16.5. The first-order valence-corrected chi connectivity index (χ1v) is 5.78. The van der Waals surface area contributed by atoms with Gasteiger partial charge >= 0.3 is 0 Å². The molecule has 1 aromatic rings. The Labute approximate surface area is 95.0 Å². The zero-order chi connectivity index (χ0) is 11.0. The highest BCUT2D eigenvalue weighted by Gasteiger charge is 2.25. The predicted octanol–water partition coefficient (Wildman–Crippen LogP) is 1.79. The number of benzene rings is 1. The molecule has 1 saturated heterocycles. The van der Waals surface area contributed by atoms with Crippen LogP contribution in [0.1, 0.15) is 29.9 Å². The summed E-state index contributed by atoms with van der Waals surface area (Å²) >= 11 is 0. The Hall–Kier alpha value is -1.53. The Kier molecular flexibility index (Phi) is 2.30. The summed E-state index contributed by atoms with van der Waals surface area (Å²) in [5.74, 6) is 1.42. The van der Waals surface area contributed by atoms with E-state index in [0.29, 0.717) is 11.5 Å². The van der Waals surface area contributed by atoms with Crippen LogP contribution in [0.15, 0.2) is 18.2 Å². The number of nitriles is 1. The van der Waals surface area contributed by atoms with Crippen LogP contribution in [0.5, 0.6) is 5.75 Å². The van der Waals surface area contributed by atoms with Crippen molar-refractivity contribution in [1.82, 2.24) is 5.32 Å². The Balaban J connectivity index is 1.83. The largest absolute Gasteiger partial charge is 0.486 e. The lowest BCUT2D eigenvalue weighted by Gasteiger charge is -2.28. The van der Waals surface area contributed by atoms with E-state index in [1.165, 1.54) is 18.4 Å². The standard InChI is InChI=1S/C13H14N2O/c14-6-11-5-10(9-1-2-9)3-4-13(11)16-12-7-15-8-12/h3-5,9,12,15H,1-2,7-8H2. The second kappa shape index (κ2) is 3.80. The SMILES string of the molecule is N#Cc1cc(C2CC2)ccc1OC1CNC1. The number of hydrogen-bond donors (Lipinski definition) is 1. The summed E-state index contributed by atoms with van der Waals surface area (Å²) in [5.41, 5.74) is 1.96. The van der Waals surface area contributed by atoms with Gasteiger partial charge in [0.05, 0.1) is 5.56 Å². The first-order valence-electron chi connectivity index (χ1n) is 5.78. The van der Waals surface area contributed by atoms with Crippen molar-refractivity contribution in [3.63, 3.8) is 0 Å². The number of rotatable bonds is 3. The first kappa shape index (κ1) is 9.68. The lowest BCUT2D eigenvalue weighted by Crippen LogP contribution is -2.50. The minimum atomic E-state index is 0.235. The average molecular weight is 214 g/mol. The zero-order valence-electron chi connectivity index (χ0n) is 9.07. The zero-order valence-corrected chi connectivity index (χ0v) is 9.07. The second-order valence-electron chi connectivity index (χ2n) is 4.54. The summed E-state index contributed by atoms with van der Waals surface area (Å²) in [5, 5.41) is 12.3. The summed E-state index contributed by atoms with van der Waals surface area (Å²) in [6.07, 6.45) is 2.76. The molecule has 1 saturated carbocycles. The van der Waals surface area contributed by atoms with Crippen molar-refractivity contribution in [2.45, 2.75) is 24.9 Å². The van der Waals surface area contributed by atoms with E-state index in [-0.39, 0.29) is 6.10 Å². The number of nitrogens with zero attached hydrogens (tertiary/aromatic N) is 1. The molecule has 1 aromatic carbocycles. The van der Waals surface area contributed by atoms with Gasteiger partial charge in [0.2, 0.25) is 0 Å². The quantitative estimate of drug-likeness (QED) is 0.834. The van der Waals surface area contributed by atoms with Gasteiger partial charge in [-0.1, -0.05) is 6.07 Å². The molecule has 0 spiro atoms. The molecule has 1 aliphatic heterocycles. The molecule has 1 heterocycles. The Bertz CT molecular complexity index is 442. The first-order chi connectivity index (χ1) is 7.86. The topological polar surface area (TPSA) is 45.0 Å². The molecule has 1 aliphatic carbocycles. The molecule has 0 unspecified atom stereocenters. The molecule has 0 atom stereocenters. The van der Waals surface area contributed by atoms with Crippen LogP contribution < -0.4 is 10.1 Å². The van der Waals surface area contributed by atoms with Crippen LogP contribution in [0.3, 0.4) is 0 Å². The summed E-state index contributed by atoms with van der Waals surface area (Å²) in [7, 11) is 0. The van der Waals surface area contributed by atoms with Crippen molar-refractivity contribution in [2.24, 2.45) is 0 Å². The van der Waals surface area contributed by atoms with E-state index < -0.39 is 0 Å². The van der Waals surface area contributed by atoms with Gasteiger partial charge in [0, 0.05) is 13.1 Å². The molecule has 0 radical (unpaired) electrons. The minimum absolute atomic E-state index is 0.235. The van der Waals surface area contributed by atoms with E-state index in [9.17, 15) is 0 Å². The third kappa shape index (κ3) is 1.77.